The molecule has 2 amide bonds. The standard InChI is InChI=1S/C25H31N3O3/c29-24(27-22-10-2-1-3-11-22)21-9-6-14-28(17-21)25(30)20-8-4-12-23(15-20)31-18-19-7-5-13-26-16-19/h4-5,7-8,12-13,15-16,21-22H,1-3,6,9-11,14,17-18H2,(H,27,29). The van der Waals surface area contributed by atoms with Crippen LogP contribution in [0, 0.1) is 5.92 Å². The number of pyridine rings is 1. The average molecular weight is 422 g/mol. The zero-order valence-electron chi connectivity index (χ0n) is 18.0. The number of likely N-dealkylation sites (tertiary alicyclic amines) is 1. The molecule has 0 spiro atoms. The van der Waals surface area contributed by atoms with Crippen LogP contribution >= 0.6 is 0 Å². The van der Waals surface area contributed by atoms with Crippen LogP contribution in [-0.2, 0) is 11.4 Å². The van der Waals surface area contributed by atoms with Gasteiger partial charge in [0.1, 0.15) is 12.4 Å². The van der Waals surface area contributed by atoms with Gasteiger partial charge in [0.25, 0.3) is 5.91 Å². The molecule has 2 fully saturated rings. The van der Waals surface area contributed by atoms with Crippen molar-refractivity contribution in [2.45, 2.75) is 57.6 Å². The van der Waals surface area contributed by atoms with Crippen LogP contribution in [0.25, 0.3) is 0 Å². The van der Waals surface area contributed by atoms with E-state index in [2.05, 4.69) is 10.3 Å². The van der Waals surface area contributed by atoms with Gasteiger partial charge in [-0.2, -0.15) is 0 Å². The van der Waals surface area contributed by atoms with E-state index < -0.39 is 0 Å². The number of amides is 2. The lowest BCUT2D eigenvalue weighted by Crippen LogP contribution is -2.47. The van der Waals surface area contributed by atoms with Gasteiger partial charge in [-0.05, 0) is 49.9 Å². The molecule has 6 heteroatoms. The molecule has 1 saturated heterocycles. The predicted molar refractivity (Wildman–Crippen MR) is 119 cm³/mol. The first-order valence-corrected chi connectivity index (χ1v) is 11.4. The Morgan fingerprint density at radius 2 is 1.94 bits per heavy atom. The van der Waals surface area contributed by atoms with Crippen molar-refractivity contribution in [1.29, 1.82) is 0 Å². The van der Waals surface area contributed by atoms with Crippen molar-refractivity contribution in [3.8, 4) is 5.75 Å². The molecule has 1 aromatic heterocycles. The summed E-state index contributed by atoms with van der Waals surface area (Å²) in [5, 5.41) is 3.23. The summed E-state index contributed by atoms with van der Waals surface area (Å²) in [7, 11) is 0. The summed E-state index contributed by atoms with van der Waals surface area (Å²) >= 11 is 0. The second kappa shape index (κ2) is 10.4. The van der Waals surface area contributed by atoms with Gasteiger partial charge >= 0.3 is 0 Å². The Balaban J connectivity index is 1.34. The third kappa shape index (κ3) is 5.84. The highest BCUT2D eigenvalue weighted by atomic mass is 16.5. The Kier molecular flexibility index (Phi) is 7.18. The number of benzene rings is 1. The minimum atomic E-state index is -0.121. The highest BCUT2D eigenvalue weighted by Gasteiger charge is 2.30. The number of ether oxygens (including phenoxy) is 1. The summed E-state index contributed by atoms with van der Waals surface area (Å²) in [5.74, 6) is 0.600. The van der Waals surface area contributed by atoms with Crippen LogP contribution in [0.1, 0.15) is 60.9 Å². The number of piperidine rings is 1. The van der Waals surface area contributed by atoms with Crippen LogP contribution in [-0.4, -0.2) is 40.8 Å². The van der Waals surface area contributed by atoms with Gasteiger partial charge in [-0.15, -0.1) is 0 Å². The minimum Gasteiger partial charge on any atom is -0.489 e. The second-order valence-electron chi connectivity index (χ2n) is 8.61. The Bertz CT molecular complexity index is 881. The van der Waals surface area contributed by atoms with Crippen LogP contribution in [0.3, 0.4) is 0 Å². The van der Waals surface area contributed by atoms with E-state index >= 15 is 0 Å². The topological polar surface area (TPSA) is 71.5 Å². The van der Waals surface area contributed by atoms with Crippen LogP contribution in [0.2, 0.25) is 0 Å². The number of carbonyl (C=O) groups excluding carboxylic acids is 2. The third-order valence-corrected chi connectivity index (χ3v) is 6.24. The molecule has 1 aromatic carbocycles. The molecule has 31 heavy (non-hydrogen) atoms. The maximum absolute atomic E-state index is 13.1. The molecule has 1 aliphatic carbocycles. The lowest BCUT2D eigenvalue weighted by atomic mass is 9.92. The van der Waals surface area contributed by atoms with Gasteiger partial charge in [0.05, 0.1) is 5.92 Å². The summed E-state index contributed by atoms with van der Waals surface area (Å²) in [6.07, 6.45) is 11.0. The van der Waals surface area contributed by atoms with Crippen molar-refractivity contribution >= 4 is 11.8 Å². The van der Waals surface area contributed by atoms with Crippen LogP contribution in [0.4, 0.5) is 0 Å². The van der Waals surface area contributed by atoms with Crippen molar-refractivity contribution in [3.63, 3.8) is 0 Å². The van der Waals surface area contributed by atoms with E-state index in [0.717, 1.165) is 31.2 Å². The fourth-order valence-corrected chi connectivity index (χ4v) is 4.49. The molecule has 1 unspecified atom stereocenters. The second-order valence-corrected chi connectivity index (χ2v) is 8.61. The molecule has 2 aromatic rings. The van der Waals surface area contributed by atoms with Gasteiger partial charge in [0.15, 0.2) is 0 Å². The molecule has 4 rings (SSSR count). The first-order valence-electron chi connectivity index (χ1n) is 11.4. The van der Waals surface area contributed by atoms with Crippen LogP contribution in [0.15, 0.2) is 48.8 Å². The average Bonchev–Trinajstić information content (AvgIpc) is 2.84. The maximum atomic E-state index is 13.1. The Labute approximate surface area is 184 Å². The number of hydrogen-bond acceptors (Lipinski definition) is 4. The lowest BCUT2D eigenvalue weighted by Gasteiger charge is -2.33. The molecule has 1 aliphatic heterocycles. The van der Waals surface area contributed by atoms with E-state index in [1.54, 1.807) is 18.5 Å². The van der Waals surface area contributed by atoms with Crippen molar-refractivity contribution in [1.82, 2.24) is 15.2 Å². The number of aromatic nitrogens is 1. The monoisotopic (exact) mass is 421 g/mol. The van der Waals surface area contributed by atoms with Gasteiger partial charge in [-0.25, -0.2) is 0 Å². The predicted octanol–water partition coefficient (Wildman–Crippen LogP) is 3.96. The number of rotatable bonds is 6. The SMILES string of the molecule is O=C(NC1CCCCC1)C1CCCN(C(=O)c2cccc(OCc3cccnc3)c2)C1. The zero-order valence-corrected chi connectivity index (χ0v) is 18.0. The third-order valence-electron chi connectivity index (χ3n) is 6.24. The van der Waals surface area contributed by atoms with E-state index in [-0.39, 0.29) is 17.7 Å². The first kappa shape index (κ1) is 21.3. The highest BCUT2D eigenvalue weighted by molar-refractivity contribution is 5.95. The Morgan fingerprint density at radius 3 is 2.74 bits per heavy atom. The van der Waals surface area contributed by atoms with E-state index in [1.165, 1.54) is 19.3 Å². The molecule has 0 radical (unpaired) electrons. The van der Waals surface area contributed by atoms with Gasteiger partial charge in [0, 0.05) is 42.7 Å². The first-order chi connectivity index (χ1) is 15.2. The normalized spacial score (nSPS) is 19.6. The number of hydrogen-bond donors (Lipinski definition) is 1. The fraction of sp³-hybridized carbons (Fsp3) is 0.480. The van der Waals surface area contributed by atoms with E-state index in [1.807, 2.05) is 35.2 Å². The quantitative estimate of drug-likeness (QED) is 0.766. The molecule has 164 valence electrons. The van der Waals surface area contributed by atoms with Gasteiger partial charge in [0.2, 0.25) is 5.91 Å². The smallest absolute Gasteiger partial charge is 0.254 e. The molecule has 2 aliphatic rings. The number of nitrogens with one attached hydrogen (secondary N) is 1. The molecule has 1 N–H and O–H groups in total. The molecule has 1 saturated carbocycles. The van der Waals surface area contributed by atoms with Crippen LogP contribution in [0.5, 0.6) is 5.75 Å². The maximum Gasteiger partial charge on any atom is 0.254 e. The Morgan fingerprint density at radius 1 is 1.06 bits per heavy atom. The molecule has 0 bridgehead atoms. The largest absolute Gasteiger partial charge is 0.489 e. The van der Waals surface area contributed by atoms with E-state index in [4.69, 9.17) is 4.74 Å². The summed E-state index contributed by atoms with van der Waals surface area (Å²) in [6, 6.07) is 11.4. The number of nitrogens with zero attached hydrogens (tertiary/aromatic N) is 2. The van der Waals surface area contributed by atoms with Gasteiger partial charge < -0.3 is 15.0 Å². The van der Waals surface area contributed by atoms with Crippen LogP contribution < -0.4 is 10.1 Å². The zero-order chi connectivity index (χ0) is 21.5. The summed E-state index contributed by atoms with van der Waals surface area (Å²) in [6.45, 7) is 1.57. The van der Waals surface area contributed by atoms with Gasteiger partial charge in [-0.3, -0.25) is 14.6 Å². The summed E-state index contributed by atoms with van der Waals surface area (Å²) in [4.78, 5) is 31.8. The molecule has 2 heterocycles. The highest BCUT2D eigenvalue weighted by Crippen LogP contribution is 2.23. The fourth-order valence-electron chi connectivity index (χ4n) is 4.49. The Hall–Kier alpha value is -2.89. The molecule has 6 nitrogen and oxygen atoms in total. The van der Waals surface area contributed by atoms with E-state index in [0.29, 0.717) is 37.1 Å². The van der Waals surface area contributed by atoms with Crippen molar-refractivity contribution in [3.05, 3.63) is 59.9 Å². The summed E-state index contributed by atoms with van der Waals surface area (Å²) in [5.41, 5.74) is 1.57. The summed E-state index contributed by atoms with van der Waals surface area (Å²) < 4.78 is 5.84. The van der Waals surface area contributed by atoms with Crippen molar-refractivity contribution in [2.75, 3.05) is 13.1 Å². The van der Waals surface area contributed by atoms with Crippen molar-refractivity contribution < 1.29 is 14.3 Å². The number of carbonyl (C=O) groups is 2. The van der Waals surface area contributed by atoms with E-state index in [9.17, 15) is 9.59 Å². The molecule has 1 atom stereocenters. The molecular weight excluding hydrogens is 390 g/mol. The minimum absolute atomic E-state index is 0.0398. The molecular formula is C25H31N3O3. The van der Waals surface area contributed by atoms with Crippen molar-refractivity contribution in [2.24, 2.45) is 5.92 Å². The lowest BCUT2D eigenvalue weighted by molar-refractivity contribution is -0.127. The van der Waals surface area contributed by atoms with Gasteiger partial charge in [-0.1, -0.05) is 31.4 Å².